The molecule has 0 aliphatic heterocycles. The first-order valence-electron chi connectivity index (χ1n) is 6.94. The van der Waals surface area contributed by atoms with E-state index in [1.807, 2.05) is 12.1 Å². The number of carbonyl (C=O) groups is 2. The molecule has 3 aromatic rings. The lowest BCUT2D eigenvalue weighted by atomic mass is 10.1. The first kappa shape index (κ1) is 14.8. The topological polar surface area (TPSA) is 71.3 Å². The Morgan fingerprint density at radius 2 is 1.74 bits per heavy atom. The smallest absolute Gasteiger partial charge is 0.305 e. The van der Waals surface area contributed by atoms with Gasteiger partial charge in [0.15, 0.2) is 5.76 Å². The molecule has 0 atom stereocenters. The fraction of sp³-hybridized carbons (Fsp3) is 0.0588. The molecule has 3 rings (SSSR count). The zero-order valence-electron chi connectivity index (χ0n) is 12.0. The largest absolute Gasteiger partial charge is 0.451 e. The Kier molecular flexibility index (Phi) is 4.05. The Morgan fingerprint density at radius 1 is 1.00 bits per heavy atom. The number of benzene rings is 2. The monoisotopic (exact) mass is 312 g/mol. The lowest BCUT2D eigenvalue weighted by Crippen LogP contribution is -2.42. The van der Waals surface area contributed by atoms with E-state index in [-0.39, 0.29) is 18.0 Å². The number of furan rings is 1. The second kappa shape index (κ2) is 6.31. The normalized spacial score (nSPS) is 10.5. The maximum Gasteiger partial charge on any atom is 0.305 e. The Morgan fingerprint density at radius 3 is 2.48 bits per heavy atom. The number of halogens is 1. The summed E-state index contributed by atoms with van der Waals surface area (Å²) in [7, 11) is 0. The van der Waals surface area contributed by atoms with Crippen LogP contribution in [0.4, 0.5) is 4.39 Å². The number of carbonyl (C=O) groups excluding carboxylic acids is 2. The van der Waals surface area contributed by atoms with Crippen molar-refractivity contribution in [3.63, 3.8) is 0 Å². The molecule has 0 unspecified atom stereocenters. The van der Waals surface area contributed by atoms with Crippen LogP contribution in [0.2, 0.25) is 0 Å². The molecule has 116 valence electrons. The number of hydrogen-bond donors (Lipinski definition) is 2. The zero-order valence-corrected chi connectivity index (χ0v) is 12.0. The molecule has 0 aliphatic rings. The van der Waals surface area contributed by atoms with E-state index in [9.17, 15) is 14.0 Å². The SMILES string of the molecule is O=C(Cc1ccc(F)cc1)NNC(=O)c1cc2ccccc2o1. The molecule has 6 heteroatoms. The molecule has 0 saturated heterocycles. The van der Waals surface area contributed by atoms with Crippen molar-refractivity contribution < 1.29 is 18.4 Å². The van der Waals surface area contributed by atoms with Gasteiger partial charge in [0.05, 0.1) is 6.42 Å². The molecule has 0 bridgehead atoms. The first-order chi connectivity index (χ1) is 11.1. The molecule has 2 aromatic carbocycles. The molecule has 0 radical (unpaired) electrons. The number of hydrazine groups is 1. The summed E-state index contributed by atoms with van der Waals surface area (Å²) in [5, 5.41) is 0.801. The average molecular weight is 312 g/mol. The molecule has 0 aliphatic carbocycles. The Hall–Kier alpha value is -3.15. The van der Waals surface area contributed by atoms with Crippen LogP contribution in [0.5, 0.6) is 0 Å². The van der Waals surface area contributed by atoms with E-state index in [1.165, 1.54) is 24.3 Å². The van der Waals surface area contributed by atoms with Crippen LogP contribution in [0.1, 0.15) is 16.1 Å². The Labute approximate surface area is 131 Å². The van der Waals surface area contributed by atoms with Gasteiger partial charge in [-0.15, -0.1) is 0 Å². The Bertz CT molecular complexity index is 823. The highest BCUT2D eigenvalue weighted by Gasteiger charge is 2.13. The second-order valence-corrected chi connectivity index (χ2v) is 4.95. The van der Waals surface area contributed by atoms with Gasteiger partial charge < -0.3 is 4.42 Å². The fourth-order valence-corrected chi connectivity index (χ4v) is 2.11. The van der Waals surface area contributed by atoms with Crippen molar-refractivity contribution in [1.82, 2.24) is 10.9 Å². The molecule has 1 aromatic heterocycles. The highest BCUT2D eigenvalue weighted by Crippen LogP contribution is 2.18. The molecular weight excluding hydrogens is 299 g/mol. The third kappa shape index (κ3) is 3.55. The zero-order chi connectivity index (χ0) is 16.2. The van der Waals surface area contributed by atoms with Crippen LogP contribution in [0.15, 0.2) is 59.0 Å². The third-order valence-electron chi connectivity index (χ3n) is 3.24. The van der Waals surface area contributed by atoms with Gasteiger partial charge in [-0.05, 0) is 29.8 Å². The number of nitrogens with one attached hydrogen (secondary N) is 2. The van der Waals surface area contributed by atoms with Gasteiger partial charge in [-0.3, -0.25) is 20.4 Å². The van der Waals surface area contributed by atoms with Crippen LogP contribution in [0.25, 0.3) is 11.0 Å². The van der Waals surface area contributed by atoms with E-state index in [2.05, 4.69) is 10.9 Å². The van der Waals surface area contributed by atoms with Crippen molar-refractivity contribution in [2.24, 2.45) is 0 Å². The molecule has 0 spiro atoms. The molecule has 23 heavy (non-hydrogen) atoms. The molecule has 2 N–H and O–H groups in total. The van der Waals surface area contributed by atoms with Crippen LogP contribution in [-0.4, -0.2) is 11.8 Å². The highest BCUT2D eigenvalue weighted by atomic mass is 19.1. The molecule has 2 amide bonds. The minimum atomic E-state index is -0.548. The van der Waals surface area contributed by atoms with Crippen molar-refractivity contribution in [3.05, 3.63) is 71.7 Å². The summed E-state index contributed by atoms with van der Waals surface area (Å²) < 4.78 is 18.2. The van der Waals surface area contributed by atoms with Crippen LogP contribution in [-0.2, 0) is 11.2 Å². The van der Waals surface area contributed by atoms with Crippen LogP contribution < -0.4 is 10.9 Å². The summed E-state index contributed by atoms with van der Waals surface area (Å²) in [6, 6.07) is 14.4. The van der Waals surface area contributed by atoms with E-state index in [0.717, 1.165) is 5.39 Å². The number of para-hydroxylation sites is 1. The summed E-state index contributed by atoms with van der Waals surface area (Å²) in [5.41, 5.74) is 5.81. The van der Waals surface area contributed by atoms with E-state index >= 15 is 0 Å². The van der Waals surface area contributed by atoms with Gasteiger partial charge in [0.1, 0.15) is 11.4 Å². The highest BCUT2D eigenvalue weighted by molar-refractivity contribution is 5.97. The molecule has 0 saturated carbocycles. The average Bonchev–Trinajstić information content (AvgIpc) is 2.99. The quantitative estimate of drug-likeness (QED) is 0.730. The van der Waals surface area contributed by atoms with Crippen molar-refractivity contribution in [2.75, 3.05) is 0 Å². The summed E-state index contributed by atoms with van der Waals surface area (Å²) in [5.74, 6) is -1.23. The first-order valence-corrected chi connectivity index (χ1v) is 6.94. The van der Waals surface area contributed by atoms with E-state index in [0.29, 0.717) is 11.1 Å². The maximum absolute atomic E-state index is 12.8. The number of fused-ring (bicyclic) bond motifs is 1. The number of rotatable bonds is 3. The van der Waals surface area contributed by atoms with Crippen molar-refractivity contribution >= 4 is 22.8 Å². The molecular formula is C17H13FN2O3. The number of hydrogen-bond acceptors (Lipinski definition) is 3. The van der Waals surface area contributed by atoms with Gasteiger partial charge in [0.2, 0.25) is 5.91 Å². The minimum absolute atomic E-state index is 0.0285. The summed E-state index contributed by atoms with van der Waals surface area (Å²) in [6.07, 6.45) is 0.0285. The van der Waals surface area contributed by atoms with Gasteiger partial charge in [0.25, 0.3) is 0 Å². The maximum atomic E-state index is 12.8. The predicted octanol–water partition coefficient (Wildman–Crippen LogP) is 2.58. The van der Waals surface area contributed by atoms with E-state index in [1.54, 1.807) is 18.2 Å². The second-order valence-electron chi connectivity index (χ2n) is 4.95. The van der Waals surface area contributed by atoms with Crippen LogP contribution in [0.3, 0.4) is 0 Å². The molecule has 1 heterocycles. The summed E-state index contributed by atoms with van der Waals surface area (Å²) >= 11 is 0. The summed E-state index contributed by atoms with van der Waals surface area (Å²) in [6.45, 7) is 0. The lowest BCUT2D eigenvalue weighted by molar-refractivity contribution is -0.121. The summed E-state index contributed by atoms with van der Waals surface area (Å²) in [4.78, 5) is 23.7. The lowest BCUT2D eigenvalue weighted by Gasteiger charge is -2.05. The van der Waals surface area contributed by atoms with E-state index in [4.69, 9.17) is 4.42 Å². The standard InChI is InChI=1S/C17H13FN2O3/c18-13-7-5-11(6-8-13)9-16(21)19-20-17(22)15-10-12-3-1-2-4-14(12)23-15/h1-8,10H,9H2,(H,19,21)(H,20,22). The van der Waals surface area contributed by atoms with E-state index < -0.39 is 11.8 Å². The van der Waals surface area contributed by atoms with Crippen molar-refractivity contribution in [3.8, 4) is 0 Å². The third-order valence-corrected chi connectivity index (χ3v) is 3.24. The molecule has 0 fully saturated rings. The van der Waals surface area contributed by atoms with Crippen molar-refractivity contribution in [2.45, 2.75) is 6.42 Å². The number of amides is 2. The van der Waals surface area contributed by atoms with Gasteiger partial charge in [-0.25, -0.2) is 4.39 Å². The fourth-order valence-electron chi connectivity index (χ4n) is 2.11. The minimum Gasteiger partial charge on any atom is -0.451 e. The van der Waals surface area contributed by atoms with Gasteiger partial charge >= 0.3 is 5.91 Å². The molecule has 5 nitrogen and oxygen atoms in total. The van der Waals surface area contributed by atoms with Crippen molar-refractivity contribution in [1.29, 1.82) is 0 Å². The van der Waals surface area contributed by atoms with Gasteiger partial charge in [-0.1, -0.05) is 30.3 Å². The van der Waals surface area contributed by atoms with Gasteiger partial charge in [0, 0.05) is 5.39 Å². The predicted molar refractivity (Wildman–Crippen MR) is 81.9 cm³/mol. The van der Waals surface area contributed by atoms with Crippen LogP contribution >= 0.6 is 0 Å². The van der Waals surface area contributed by atoms with Crippen LogP contribution in [0, 0.1) is 5.82 Å². The van der Waals surface area contributed by atoms with Gasteiger partial charge in [-0.2, -0.15) is 0 Å². The Balaban J connectivity index is 1.57.